The van der Waals surface area contributed by atoms with E-state index < -0.39 is 0 Å². The molecule has 0 saturated carbocycles. The molecule has 1 aliphatic rings. The van der Waals surface area contributed by atoms with Crippen LogP contribution in [0.25, 0.3) is 11.4 Å². The Hall–Kier alpha value is -1.42. The number of nitrogens with two attached hydrogens (primary N) is 1. The number of fused-ring (bicyclic) bond motifs is 1. The quantitative estimate of drug-likeness (QED) is 0.786. The predicted molar refractivity (Wildman–Crippen MR) is 71.0 cm³/mol. The van der Waals surface area contributed by atoms with Crippen LogP contribution >= 0.6 is 11.3 Å². The zero-order chi connectivity index (χ0) is 11.7. The lowest BCUT2D eigenvalue weighted by molar-refractivity contribution is 0.709. The first kappa shape index (κ1) is 10.7. The lowest BCUT2D eigenvalue weighted by Gasteiger charge is -2.09. The van der Waals surface area contributed by atoms with E-state index in [1.807, 2.05) is 11.4 Å². The lowest BCUT2D eigenvalue weighted by Crippen LogP contribution is -2.06. The van der Waals surface area contributed by atoms with Crippen LogP contribution in [-0.2, 0) is 12.8 Å². The molecular weight excluding hydrogens is 230 g/mol. The highest BCUT2D eigenvalue weighted by Gasteiger charge is 2.15. The highest BCUT2D eigenvalue weighted by Crippen LogP contribution is 2.26. The summed E-state index contributed by atoms with van der Waals surface area (Å²) >= 11 is 1.66. The Morgan fingerprint density at radius 3 is 2.82 bits per heavy atom. The van der Waals surface area contributed by atoms with Crippen molar-refractivity contribution in [2.24, 2.45) is 0 Å². The number of nitrogens with zero attached hydrogens (tertiary/aromatic N) is 2. The van der Waals surface area contributed by atoms with Crippen molar-refractivity contribution in [2.45, 2.75) is 32.1 Å². The second kappa shape index (κ2) is 4.45. The largest absolute Gasteiger partial charge is 0.383 e. The van der Waals surface area contributed by atoms with E-state index in [0.29, 0.717) is 5.82 Å². The van der Waals surface area contributed by atoms with E-state index in [2.05, 4.69) is 10.4 Å². The SMILES string of the molecule is Nc1nc(-c2ccsc2)nc2c1CCCCC2. The van der Waals surface area contributed by atoms with Crippen LogP contribution in [-0.4, -0.2) is 9.97 Å². The Bertz CT molecular complexity index is 520. The van der Waals surface area contributed by atoms with Crippen molar-refractivity contribution in [3.05, 3.63) is 28.1 Å². The van der Waals surface area contributed by atoms with Gasteiger partial charge in [-0.3, -0.25) is 0 Å². The smallest absolute Gasteiger partial charge is 0.162 e. The van der Waals surface area contributed by atoms with Crippen LogP contribution in [0, 0.1) is 0 Å². The Balaban J connectivity index is 2.09. The van der Waals surface area contributed by atoms with Crippen LogP contribution < -0.4 is 5.73 Å². The Morgan fingerprint density at radius 1 is 1.12 bits per heavy atom. The second-order valence-corrected chi connectivity index (χ2v) is 5.21. The molecule has 4 heteroatoms. The van der Waals surface area contributed by atoms with E-state index in [4.69, 9.17) is 10.7 Å². The maximum Gasteiger partial charge on any atom is 0.162 e. The van der Waals surface area contributed by atoms with Gasteiger partial charge < -0.3 is 5.73 Å². The Labute approximate surface area is 105 Å². The minimum Gasteiger partial charge on any atom is -0.383 e. The van der Waals surface area contributed by atoms with Crippen LogP contribution in [0.1, 0.15) is 30.5 Å². The lowest BCUT2D eigenvalue weighted by atomic mass is 10.1. The zero-order valence-corrected chi connectivity index (χ0v) is 10.5. The van der Waals surface area contributed by atoms with Crippen molar-refractivity contribution < 1.29 is 0 Å². The molecule has 0 amide bonds. The Morgan fingerprint density at radius 2 is 2.00 bits per heavy atom. The molecule has 0 atom stereocenters. The number of aryl methyl sites for hydroxylation is 1. The third-order valence-electron chi connectivity index (χ3n) is 3.24. The van der Waals surface area contributed by atoms with Gasteiger partial charge in [-0.05, 0) is 37.1 Å². The molecule has 0 radical (unpaired) electrons. The first-order valence-corrected chi connectivity index (χ1v) is 6.97. The summed E-state index contributed by atoms with van der Waals surface area (Å²) in [5.41, 5.74) is 9.49. The fourth-order valence-corrected chi connectivity index (χ4v) is 2.95. The van der Waals surface area contributed by atoms with Gasteiger partial charge in [0.2, 0.25) is 0 Å². The summed E-state index contributed by atoms with van der Waals surface area (Å²) in [6.45, 7) is 0. The van der Waals surface area contributed by atoms with E-state index in [1.54, 1.807) is 11.3 Å². The van der Waals surface area contributed by atoms with Crippen molar-refractivity contribution in [3.8, 4) is 11.4 Å². The van der Waals surface area contributed by atoms with E-state index >= 15 is 0 Å². The standard InChI is InChI=1S/C13H15N3S/c14-12-10-4-2-1-3-5-11(10)15-13(16-12)9-6-7-17-8-9/h6-8H,1-5H2,(H2,14,15,16). The molecule has 0 unspecified atom stereocenters. The summed E-state index contributed by atoms with van der Waals surface area (Å²) in [7, 11) is 0. The van der Waals surface area contributed by atoms with E-state index in [-0.39, 0.29) is 0 Å². The van der Waals surface area contributed by atoms with Gasteiger partial charge in [0.1, 0.15) is 5.82 Å². The molecule has 0 saturated heterocycles. The van der Waals surface area contributed by atoms with Crippen LogP contribution in [0.15, 0.2) is 16.8 Å². The topological polar surface area (TPSA) is 51.8 Å². The van der Waals surface area contributed by atoms with Crippen LogP contribution in [0.2, 0.25) is 0 Å². The number of rotatable bonds is 1. The van der Waals surface area contributed by atoms with E-state index in [0.717, 1.165) is 29.9 Å². The van der Waals surface area contributed by atoms with Gasteiger partial charge in [0.15, 0.2) is 5.82 Å². The summed E-state index contributed by atoms with van der Waals surface area (Å²) in [5.74, 6) is 1.46. The molecule has 0 spiro atoms. The Kier molecular flexibility index (Phi) is 2.81. The molecule has 0 bridgehead atoms. The van der Waals surface area contributed by atoms with Crippen LogP contribution in [0.3, 0.4) is 0 Å². The third kappa shape index (κ3) is 2.05. The molecule has 2 aromatic heterocycles. The number of aromatic nitrogens is 2. The van der Waals surface area contributed by atoms with Crippen molar-refractivity contribution >= 4 is 17.2 Å². The normalized spacial score (nSPS) is 15.3. The van der Waals surface area contributed by atoms with Gasteiger partial charge in [0, 0.05) is 22.2 Å². The minimum atomic E-state index is 0.679. The molecule has 3 nitrogen and oxygen atoms in total. The summed E-state index contributed by atoms with van der Waals surface area (Å²) < 4.78 is 0. The number of hydrogen-bond donors (Lipinski definition) is 1. The molecule has 2 heterocycles. The minimum absolute atomic E-state index is 0.679. The van der Waals surface area contributed by atoms with Crippen molar-refractivity contribution in [1.29, 1.82) is 0 Å². The number of thiophene rings is 1. The van der Waals surface area contributed by atoms with Gasteiger partial charge in [0.25, 0.3) is 0 Å². The molecule has 2 N–H and O–H groups in total. The average molecular weight is 245 g/mol. The molecule has 17 heavy (non-hydrogen) atoms. The van der Waals surface area contributed by atoms with E-state index in [9.17, 15) is 0 Å². The predicted octanol–water partition coefficient (Wildman–Crippen LogP) is 3.06. The summed E-state index contributed by atoms with van der Waals surface area (Å²) in [6, 6.07) is 2.04. The monoisotopic (exact) mass is 245 g/mol. The molecule has 88 valence electrons. The summed E-state index contributed by atoms with van der Waals surface area (Å²) in [4.78, 5) is 9.14. The van der Waals surface area contributed by atoms with Gasteiger partial charge in [0.05, 0.1) is 0 Å². The molecule has 2 aromatic rings. The van der Waals surface area contributed by atoms with E-state index in [1.165, 1.54) is 24.8 Å². The average Bonchev–Trinajstić information content (AvgIpc) is 2.75. The molecule has 0 fully saturated rings. The molecule has 3 rings (SSSR count). The van der Waals surface area contributed by atoms with Crippen molar-refractivity contribution in [1.82, 2.24) is 9.97 Å². The van der Waals surface area contributed by atoms with Crippen molar-refractivity contribution in [3.63, 3.8) is 0 Å². The zero-order valence-electron chi connectivity index (χ0n) is 9.65. The summed E-state index contributed by atoms with van der Waals surface area (Å²) in [6.07, 6.45) is 5.76. The molecule has 1 aliphatic carbocycles. The highest BCUT2D eigenvalue weighted by molar-refractivity contribution is 7.08. The van der Waals surface area contributed by atoms with Gasteiger partial charge in [-0.2, -0.15) is 11.3 Å². The van der Waals surface area contributed by atoms with Gasteiger partial charge >= 0.3 is 0 Å². The summed E-state index contributed by atoms with van der Waals surface area (Å²) in [5, 5.41) is 4.11. The van der Waals surface area contributed by atoms with Gasteiger partial charge in [-0.15, -0.1) is 0 Å². The van der Waals surface area contributed by atoms with Crippen LogP contribution in [0.4, 0.5) is 5.82 Å². The van der Waals surface area contributed by atoms with Gasteiger partial charge in [-0.1, -0.05) is 6.42 Å². The highest BCUT2D eigenvalue weighted by atomic mass is 32.1. The van der Waals surface area contributed by atoms with Gasteiger partial charge in [-0.25, -0.2) is 9.97 Å². The molecule has 0 aliphatic heterocycles. The second-order valence-electron chi connectivity index (χ2n) is 4.43. The maximum atomic E-state index is 6.07. The number of hydrogen-bond acceptors (Lipinski definition) is 4. The third-order valence-corrected chi connectivity index (χ3v) is 3.93. The number of anilines is 1. The van der Waals surface area contributed by atoms with Crippen molar-refractivity contribution in [2.75, 3.05) is 5.73 Å². The first-order valence-electron chi connectivity index (χ1n) is 6.02. The number of nitrogen functional groups attached to an aromatic ring is 1. The van der Waals surface area contributed by atoms with Crippen LogP contribution in [0.5, 0.6) is 0 Å². The fraction of sp³-hybridized carbons (Fsp3) is 0.385. The maximum absolute atomic E-state index is 6.07. The first-order chi connectivity index (χ1) is 8.34. The fourth-order valence-electron chi connectivity index (χ4n) is 2.32. The molecular formula is C13H15N3S. The molecule has 0 aromatic carbocycles.